The van der Waals surface area contributed by atoms with Crippen molar-refractivity contribution in [3.05, 3.63) is 76.0 Å². The van der Waals surface area contributed by atoms with E-state index < -0.39 is 0 Å². The number of halogens is 2. The van der Waals surface area contributed by atoms with Gasteiger partial charge >= 0.3 is 0 Å². The molecule has 0 atom stereocenters. The van der Waals surface area contributed by atoms with Crippen molar-refractivity contribution in [1.29, 1.82) is 0 Å². The maximum Gasteiger partial charge on any atom is 0.258 e. The smallest absolute Gasteiger partial charge is 0.258 e. The second-order valence-corrected chi connectivity index (χ2v) is 6.75. The van der Waals surface area contributed by atoms with E-state index in [4.69, 9.17) is 27.6 Å². The molecule has 0 aliphatic rings. The van der Waals surface area contributed by atoms with Crippen molar-refractivity contribution in [2.45, 2.75) is 6.92 Å². The number of carbonyl (C=O) groups excluding carboxylic acids is 1. The molecule has 0 saturated heterocycles. The number of aryl methyl sites for hydroxylation is 1. The van der Waals surface area contributed by atoms with E-state index in [1.54, 1.807) is 30.3 Å². The Morgan fingerprint density at radius 3 is 2.78 bits per heavy atom. The second-order valence-electron chi connectivity index (χ2n) is 5.98. The maximum atomic E-state index is 12.4. The quantitative estimate of drug-likeness (QED) is 0.446. The van der Waals surface area contributed by atoms with Gasteiger partial charge in [-0.3, -0.25) is 4.79 Å². The number of hydrogen-bond donors (Lipinski definition) is 1. The lowest BCUT2D eigenvalue weighted by molar-refractivity contribution is 0.102. The summed E-state index contributed by atoms with van der Waals surface area (Å²) in [5.41, 5.74) is 3.90. The number of benzene rings is 2. The molecule has 0 spiro atoms. The number of nitrogens with zero attached hydrogens (tertiary/aromatic N) is 2. The fraction of sp³-hybridized carbons (Fsp3) is 0.0500. The summed E-state index contributed by atoms with van der Waals surface area (Å²) in [6, 6.07) is 14.1. The van der Waals surface area contributed by atoms with Crippen molar-refractivity contribution in [2.24, 2.45) is 0 Å². The first kappa shape index (κ1) is 17.5. The molecule has 134 valence electrons. The average molecular weight is 398 g/mol. The zero-order valence-corrected chi connectivity index (χ0v) is 15.7. The van der Waals surface area contributed by atoms with Crippen LogP contribution in [0.25, 0.3) is 22.6 Å². The SMILES string of the molecule is Cc1ccc2nc(-c3cc(NC(=O)c4cccnc4Cl)ccc3Cl)oc2c1. The summed E-state index contributed by atoms with van der Waals surface area (Å²) < 4.78 is 5.84. The van der Waals surface area contributed by atoms with Crippen molar-refractivity contribution in [3.63, 3.8) is 0 Å². The van der Waals surface area contributed by atoms with Gasteiger partial charge in [-0.25, -0.2) is 9.97 Å². The van der Waals surface area contributed by atoms with Gasteiger partial charge in [0.25, 0.3) is 5.91 Å². The van der Waals surface area contributed by atoms with Crippen LogP contribution in [-0.4, -0.2) is 15.9 Å². The van der Waals surface area contributed by atoms with Gasteiger partial charge in [-0.05, 0) is 55.0 Å². The zero-order valence-electron chi connectivity index (χ0n) is 14.2. The fourth-order valence-electron chi connectivity index (χ4n) is 2.67. The molecule has 4 aromatic rings. The summed E-state index contributed by atoms with van der Waals surface area (Å²) in [6.45, 7) is 1.98. The summed E-state index contributed by atoms with van der Waals surface area (Å²) in [5.74, 6) is 0.0191. The highest BCUT2D eigenvalue weighted by Crippen LogP contribution is 2.32. The molecule has 27 heavy (non-hydrogen) atoms. The lowest BCUT2D eigenvalue weighted by Crippen LogP contribution is -2.12. The number of carbonyl (C=O) groups is 1. The van der Waals surface area contributed by atoms with Gasteiger partial charge in [-0.15, -0.1) is 0 Å². The van der Waals surface area contributed by atoms with Crippen LogP contribution in [0.3, 0.4) is 0 Å². The number of pyridine rings is 1. The number of fused-ring (bicyclic) bond motifs is 1. The zero-order chi connectivity index (χ0) is 19.0. The Kier molecular flexibility index (Phi) is 4.56. The Morgan fingerprint density at radius 2 is 1.96 bits per heavy atom. The largest absolute Gasteiger partial charge is 0.436 e. The van der Waals surface area contributed by atoms with E-state index in [1.807, 2.05) is 25.1 Å². The minimum absolute atomic E-state index is 0.138. The van der Waals surface area contributed by atoms with E-state index in [1.165, 1.54) is 6.20 Å². The van der Waals surface area contributed by atoms with Crippen LogP contribution in [0.5, 0.6) is 0 Å². The van der Waals surface area contributed by atoms with Crippen molar-refractivity contribution < 1.29 is 9.21 Å². The van der Waals surface area contributed by atoms with Gasteiger partial charge in [0.1, 0.15) is 10.7 Å². The third-order valence-electron chi connectivity index (χ3n) is 4.00. The van der Waals surface area contributed by atoms with E-state index >= 15 is 0 Å². The minimum atomic E-state index is -0.366. The van der Waals surface area contributed by atoms with Crippen LogP contribution in [-0.2, 0) is 0 Å². The molecule has 0 saturated carbocycles. The van der Waals surface area contributed by atoms with Crippen molar-refractivity contribution in [2.75, 3.05) is 5.32 Å². The number of amides is 1. The number of rotatable bonds is 3. The molecule has 0 aliphatic heterocycles. The van der Waals surface area contributed by atoms with E-state index in [0.29, 0.717) is 27.7 Å². The van der Waals surface area contributed by atoms with Gasteiger partial charge < -0.3 is 9.73 Å². The molecular weight excluding hydrogens is 385 g/mol. The van der Waals surface area contributed by atoms with Crippen molar-refractivity contribution >= 4 is 45.9 Å². The molecule has 2 aromatic heterocycles. The van der Waals surface area contributed by atoms with Crippen LogP contribution >= 0.6 is 23.2 Å². The fourth-order valence-corrected chi connectivity index (χ4v) is 3.07. The Balaban J connectivity index is 1.68. The van der Waals surface area contributed by atoms with Crippen LogP contribution < -0.4 is 5.32 Å². The first-order chi connectivity index (χ1) is 13.0. The Bertz CT molecular complexity index is 1170. The average Bonchev–Trinajstić information content (AvgIpc) is 3.06. The Labute approximate surface area is 165 Å². The van der Waals surface area contributed by atoms with Gasteiger partial charge in [0, 0.05) is 11.9 Å². The van der Waals surface area contributed by atoms with Crippen LogP contribution in [0.1, 0.15) is 15.9 Å². The highest BCUT2D eigenvalue weighted by molar-refractivity contribution is 6.34. The van der Waals surface area contributed by atoms with Crippen LogP contribution in [0.2, 0.25) is 10.2 Å². The molecule has 0 aliphatic carbocycles. The van der Waals surface area contributed by atoms with Gasteiger partial charge in [0.2, 0.25) is 5.89 Å². The standard InChI is InChI=1S/C20H13Cl2N3O2/c1-11-4-7-16-17(9-11)27-20(25-16)14-10-12(5-6-15(14)21)24-19(26)13-3-2-8-23-18(13)22/h2-10H,1H3,(H,24,26). The molecule has 1 N–H and O–H groups in total. The molecule has 0 radical (unpaired) electrons. The molecular formula is C20H13Cl2N3O2. The molecule has 2 heterocycles. The molecule has 5 nitrogen and oxygen atoms in total. The molecule has 2 aromatic carbocycles. The van der Waals surface area contributed by atoms with Gasteiger partial charge in [-0.1, -0.05) is 29.3 Å². The van der Waals surface area contributed by atoms with Crippen molar-refractivity contribution in [3.8, 4) is 11.5 Å². The molecule has 0 fully saturated rings. The summed E-state index contributed by atoms with van der Waals surface area (Å²) in [7, 11) is 0. The number of nitrogens with one attached hydrogen (secondary N) is 1. The Morgan fingerprint density at radius 1 is 1.11 bits per heavy atom. The molecule has 1 amide bonds. The Hall–Kier alpha value is -2.89. The lowest BCUT2D eigenvalue weighted by atomic mass is 10.2. The minimum Gasteiger partial charge on any atom is -0.436 e. The number of anilines is 1. The predicted molar refractivity (Wildman–Crippen MR) is 106 cm³/mol. The summed E-state index contributed by atoms with van der Waals surface area (Å²) >= 11 is 12.3. The highest BCUT2D eigenvalue weighted by Gasteiger charge is 2.15. The van der Waals surface area contributed by atoms with Gasteiger partial charge in [0.15, 0.2) is 5.58 Å². The number of oxazole rings is 1. The van der Waals surface area contributed by atoms with E-state index in [-0.39, 0.29) is 16.6 Å². The molecule has 0 unspecified atom stereocenters. The number of hydrogen-bond acceptors (Lipinski definition) is 4. The first-order valence-electron chi connectivity index (χ1n) is 8.10. The van der Waals surface area contributed by atoms with Crippen LogP contribution in [0, 0.1) is 6.92 Å². The topological polar surface area (TPSA) is 68.0 Å². The maximum absolute atomic E-state index is 12.4. The van der Waals surface area contributed by atoms with Gasteiger partial charge in [-0.2, -0.15) is 0 Å². The van der Waals surface area contributed by atoms with Crippen LogP contribution in [0.4, 0.5) is 5.69 Å². The predicted octanol–water partition coefficient (Wildman–Crippen LogP) is 5.76. The van der Waals surface area contributed by atoms with Crippen LogP contribution in [0.15, 0.2) is 59.1 Å². The number of aromatic nitrogens is 2. The van der Waals surface area contributed by atoms with E-state index in [9.17, 15) is 4.79 Å². The second kappa shape index (κ2) is 7.02. The molecule has 0 bridgehead atoms. The normalized spacial score (nSPS) is 10.9. The van der Waals surface area contributed by atoms with E-state index in [2.05, 4.69) is 15.3 Å². The highest BCUT2D eigenvalue weighted by atomic mass is 35.5. The van der Waals surface area contributed by atoms with Gasteiger partial charge in [0.05, 0.1) is 16.1 Å². The summed E-state index contributed by atoms with van der Waals surface area (Å²) in [5, 5.41) is 3.39. The summed E-state index contributed by atoms with van der Waals surface area (Å²) in [4.78, 5) is 20.8. The lowest BCUT2D eigenvalue weighted by Gasteiger charge is -2.08. The monoisotopic (exact) mass is 397 g/mol. The third kappa shape index (κ3) is 3.52. The molecule has 4 rings (SSSR count). The third-order valence-corrected chi connectivity index (χ3v) is 4.63. The first-order valence-corrected chi connectivity index (χ1v) is 8.86. The molecule has 7 heteroatoms. The summed E-state index contributed by atoms with van der Waals surface area (Å²) in [6.07, 6.45) is 1.52. The van der Waals surface area contributed by atoms with Crippen molar-refractivity contribution in [1.82, 2.24) is 9.97 Å². The van der Waals surface area contributed by atoms with E-state index in [0.717, 1.165) is 11.1 Å².